The van der Waals surface area contributed by atoms with Crippen molar-refractivity contribution in [2.75, 3.05) is 39.2 Å². The van der Waals surface area contributed by atoms with Crippen LogP contribution in [0.25, 0.3) is 11.1 Å². The number of nitrogens with two attached hydrogens (primary N) is 1. The topological polar surface area (TPSA) is 611 Å². The molecule has 0 radical (unpaired) electrons. The Morgan fingerprint density at radius 2 is 1.37 bits per heavy atom. The van der Waals surface area contributed by atoms with Gasteiger partial charge >= 0.3 is 5.69 Å². The van der Waals surface area contributed by atoms with Crippen LogP contribution in [-0.2, 0) is 79.9 Å². The highest BCUT2D eigenvalue weighted by Crippen LogP contribution is 2.50. The number of amides is 10. The van der Waals surface area contributed by atoms with Crippen LogP contribution in [0.15, 0.2) is 114 Å². The molecule has 22 N–H and O–H groups in total. The van der Waals surface area contributed by atoms with Crippen molar-refractivity contribution < 1.29 is 131 Å². The number of hydrogen-bond donors (Lipinski definition) is 21. The van der Waals surface area contributed by atoms with Crippen LogP contribution in [0.3, 0.4) is 0 Å². The average Bonchev–Trinajstić information content (AvgIpc) is 0.764. The lowest BCUT2D eigenvalue weighted by Crippen LogP contribution is -2.65. The van der Waals surface area contributed by atoms with Crippen LogP contribution >= 0.6 is 34.8 Å². The van der Waals surface area contributed by atoms with Gasteiger partial charge in [-0.15, -0.1) is 0 Å². The number of rotatable bonds is 23. The number of carbonyl (C=O) groups is 10. The van der Waals surface area contributed by atoms with Gasteiger partial charge in [-0.3, -0.25) is 63.4 Å². The third-order valence-electron chi connectivity index (χ3n) is 22.0. The number of carbonyl (C=O) groups excluding carboxylic acids is 10. The number of hydrogen-bond acceptors (Lipinski definition) is 30. The quantitative estimate of drug-likeness (QED) is 0.0398. The lowest BCUT2D eigenvalue weighted by molar-refractivity contribution is -0.334. The van der Waals surface area contributed by atoms with Crippen molar-refractivity contribution in [1.29, 1.82) is 0 Å². The number of aliphatic hydroxyl groups excluding tert-OH is 6. The van der Waals surface area contributed by atoms with Crippen LogP contribution in [0.4, 0.5) is 10.2 Å². The monoisotopic (exact) mass is 1850 g/mol. The molecule has 18 atom stereocenters. The van der Waals surface area contributed by atoms with Gasteiger partial charge in [-0.1, -0.05) is 72.9 Å². The Kier molecular flexibility index (Phi) is 30.7. The molecule has 2 fully saturated rings. The summed E-state index contributed by atoms with van der Waals surface area (Å²) in [6.45, 7) is 5.31. The summed E-state index contributed by atoms with van der Waals surface area (Å²) in [5.74, 6) is -18.4. The van der Waals surface area contributed by atoms with Crippen molar-refractivity contribution in [3.8, 4) is 57.1 Å². The van der Waals surface area contributed by atoms with Crippen LogP contribution in [0.5, 0.6) is 46.0 Å². The molecular weight excluding hydrogens is 1760 g/mol. The molecule has 2 saturated heterocycles. The predicted molar refractivity (Wildman–Crippen MR) is 450 cm³/mol. The molecule has 0 saturated carbocycles. The number of aliphatic hydroxyl groups is 6. The highest BCUT2D eigenvalue weighted by molar-refractivity contribution is 6.32. The second-order valence-corrected chi connectivity index (χ2v) is 33.0. The Balaban J connectivity index is 0.998. The Bertz CT molecular complexity index is 5530. The summed E-state index contributed by atoms with van der Waals surface area (Å²) in [6.07, 6.45) is -19.1. The number of nitrogens with zero attached hydrogens (tertiary/aromatic N) is 2. The van der Waals surface area contributed by atoms with E-state index in [4.69, 9.17) is 73.7 Å². The zero-order valence-electron chi connectivity index (χ0n) is 69.5. The van der Waals surface area contributed by atoms with Crippen molar-refractivity contribution in [1.82, 2.24) is 62.9 Å². The Labute approximate surface area is 748 Å². The number of methoxy groups -OCH3 is 1. The molecule has 129 heavy (non-hydrogen) atoms. The van der Waals surface area contributed by atoms with E-state index in [1.807, 2.05) is 0 Å². The third-order valence-corrected chi connectivity index (χ3v) is 22.9. The Hall–Kier alpha value is -12.0. The number of primary amides is 1. The van der Waals surface area contributed by atoms with E-state index < -0.39 is 277 Å². The second-order valence-electron chi connectivity index (χ2n) is 31.8. The molecule has 690 valence electrons. The van der Waals surface area contributed by atoms with Crippen LogP contribution in [0.1, 0.15) is 117 Å². The molecule has 8 heterocycles. The van der Waals surface area contributed by atoms with Crippen LogP contribution < -0.4 is 84.3 Å². The van der Waals surface area contributed by atoms with Gasteiger partial charge in [-0.25, -0.2) is 9.18 Å². The molecule has 45 heteroatoms. The zero-order valence-corrected chi connectivity index (χ0v) is 71.8. The van der Waals surface area contributed by atoms with Gasteiger partial charge in [0.25, 0.3) is 5.91 Å². The maximum absolute atomic E-state index is 16.4. The number of phenols is 3. The summed E-state index contributed by atoms with van der Waals surface area (Å²) in [5, 5.41) is 129. The molecule has 7 aliphatic rings. The van der Waals surface area contributed by atoms with Gasteiger partial charge in [0.15, 0.2) is 23.9 Å². The SMILES string of the molecule is CNC(CC(C)C)C(=O)NC1C(=O)NC(CC(N)=O)C(=O)NC2C(=O)NC3C(=O)NC(C(=O)NC(C(=O)NNC(=O)CCOC)c4cc(O)cc(O)c4-c4cc3ccc4O)C(O)c3ccc(c(Cl)c3)Oc3cc2cc(c3OC2OC(CO)C(O)C(O)C2OC2CC(C)(NCCn3ccc(NC(=O)Cc4ccc(Cl)c(F)c4)nc3=O)C(O)C(C)O2)Oc2ccc(cc2Cl)C1O. The fraction of sp³-hybridized carbons (Fsp3) is 0.405. The van der Waals surface area contributed by atoms with Crippen LogP contribution in [0, 0.1) is 11.7 Å². The van der Waals surface area contributed by atoms with Gasteiger partial charge in [0, 0.05) is 55.5 Å². The number of likely N-dealkylation sites (N-methyl/N-ethyl adjacent to an activating group) is 1. The van der Waals surface area contributed by atoms with E-state index in [1.54, 1.807) is 20.8 Å². The zero-order chi connectivity index (χ0) is 93.5. The summed E-state index contributed by atoms with van der Waals surface area (Å²) in [4.78, 5) is 164. The number of phenolic OH excluding ortho intramolecular Hbond substituents is 3. The first-order valence-electron chi connectivity index (χ1n) is 40.3. The molecule has 7 aliphatic heterocycles. The van der Waals surface area contributed by atoms with E-state index in [0.717, 1.165) is 78.9 Å². The van der Waals surface area contributed by atoms with Crippen molar-refractivity contribution in [3.63, 3.8) is 0 Å². The smallest absolute Gasteiger partial charge is 0.349 e. The molecule has 0 aliphatic carbocycles. The lowest BCUT2D eigenvalue weighted by Gasteiger charge is -2.48. The van der Waals surface area contributed by atoms with E-state index >= 15 is 24.0 Å². The van der Waals surface area contributed by atoms with Gasteiger partial charge < -0.3 is 133 Å². The number of hydrazine groups is 1. The fourth-order valence-electron chi connectivity index (χ4n) is 15.3. The van der Waals surface area contributed by atoms with E-state index in [2.05, 4.69) is 63.7 Å². The van der Waals surface area contributed by atoms with Crippen molar-refractivity contribution in [2.24, 2.45) is 11.7 Å². The minimum absolute atomic E-state index is 0.0717. The molecule has 1 aromatic heterocycles. The minimum Gasteiger partial charge on any atom is -0.508 e. The third kappa shape index (κ3) is 22.3. The summed E-state index contributed by atoms with van der Waals surface area (Å²) in [6, 6.07) is 4.03. The van der Waals surface area contributed by atoms with Crippen molar-refractivity contribution in [2.45, 2.75) is 176 Å². The molecule has 0 spiro atoms. The van der Waals surface area contributed by atoms with Crippen molar-refractivity contribution in [3.05, 3.63) is 174 Å². The Morgan fingerprint density at radius 1 is 0.713 bits per heavy atom. The van der Waals surface area contributed by atoms with Crippen molar-refractivity contribution >= 4 is 99.7 Å². The molecule has 11 bridgehead atoms. The summed E-state index contributed by atoms with van der Waals surface area (Å²) in [7, 11) is 2.75. The number of ether oxygens (including phenoxy) is 7. The standard InChI is InChI=1S/C84H94Cl3FN14O27/c1-34(2)21-48(90-5)75(115)98-66-68(110)38-9-13-52(45(86)25-38)125-54-27-40-28-55(72(54)129-82-73(71(113)70(112)56(33-103)127-82)128-61-32-84(4,74(114)35(3)124-61)91-17-19-102-18-15-58(94-83(102)122)93-60(109)23-36-7-11-44(85)47(88)22-36)126-53-14-10-39(26-46(53)87)69(111)67-80(120)97-65(81(121)101-100-59(108)16-20-123-6)43-29-41(104)30-51(106)62(43)42-24-37(8-12-50(42)105)63(77(117)99-67)96-78(118)64(40)95-76(116)49(31-57(89)107)92-79(66)119/h7-15,18,22,24-30,34-35,48-49,56,61,63-71,73-74,82,90-91,103-106,110-114H,16-17,19-21,23,31-33H2,1-6H3,(H2,89,107)(H,92,119)(H,95,116)(H,96,118)(H,97,120)(H,98,115)(H,99,117)(H,100,108)(H,101,121)(H,93,94,109,122). The normalized spacial score (nSPS) is 25.4. The average molecular weight is 1860 g/mol. The molecule has 18 unspecified atom stereocenters. The second kappa shape index (κ2) is 41.2. The molecular formula is C84H94Cl3FN14O27. The van der Waals surface area contributed by atoms with Crippen LogP contribution in [-0.4, -0.2) is 227 Å². The first kappa shape index (κ1) is 96.1. The maximum Gasteiger partial charge on any atom is 0.349 e. The first-order valence-corrected chi connectivity index (χ1v) is 41.4. The molecule has 41 nitrogen and oxygen atoms in total. The summed E-state index contributed by atoms with van der Waals surface area (Å²) >= 11 is 20.2. The molecule has 7 aromatic rings. The van der Waals surface area contributed by atoms with Gasteiger partial charge in [-0.2, -0.15) is 4.98 Å². The summed E-state index contributed by atoms with van der Waals surface area (Å²) in [5.41, 5.74) is 5.14. The minimum atomic E-state index is -2.42. The van der Waals surface area contributed by atoms with E-state index in [-0.39, 0.29) is 73.3 Å². The van der Waals surface area contributed by atoms with Crippen LogP contribution in [0.2, 0.25) is 15.1 Å². The van der Waals surface area contributed by atoms with Gasteiger partial charge in [0.2, 0.25) is 65.2 Å². The van der Waals surface area contributed by atoms with Gasteiger partial charge in [0.1, 0.15) is 107 Å². The van der Waals surface area contributed by atoms with Gasteiger partial charge in [0.05, 0.1) is 65.8 Å². The highest BCUT2D eigenvalue weighted by atomic mass is 35.5. The number of nitrogens with one attached hydrogen (secondary N) is 11. The number of fused-ring (bicyclic) bond motifs is 15. The predicted octanol–water partition coefficient (Wildman–Crippen LogP) is 1.07. The highest BCUT2D eigenvalue weighted by Gasteiger charge is 2.52. The number of aromatic nitrogens is 2. The number of benzene rings is 6. The Morgan fingerprint density at radius 3 is 2.01 bits per heavy atom. The molecule has 10 amide bonds. The van der Waals surface area contributed by atoms with E-state index in [9.17, 15) is 79.1 Å². The largest absolute Gasteiger partial charge is 0.508 e. The van der Waals surface area contributed by atoms with E-state index in [0.29, 0.717) is 5.56 Å². The number of anilines is 1. The molecule has 6 aromatic carbocycles. The summed E-state index contributed by atoms with van der Waals surface area (Å²) < 4.78 is 59.7. The molecule has 14 rings (SSSR count). The maximum atomic E-state index is 16.4. The number of aromatic hydroxyl groups is 3. The lowest BCUT2D eigenvalue weighted by atomic mass is 9.85. The number of halogens is 4. The fourth-order valence-corrected chi connectivity index (χ4v) is 15.8. The first-order chi connectivity index (χ1) is 61.2. The van der Waals surface area contributed by atoms with E-state index in [1.165, 1.54) is 56.1 Å². The van der Waals surface area contributed by atoms with Gasteiger partial charge in [-0.05, 0) is 139 Å².